The molecule has 2 atom stereocenters. The maximum atomic E-state index is 13.3. The summed E-state index contributed by atoms with van der Waals surface area (Å²) in [6, 6.07) is 0.595. The quantitative estimate of drug-likeness (QED) is 0.585. The lowest BCUT2D eigenvalue weighted by Gasteiger charge is -2.13. The minimum absolute atomic E-state index is 0.0961. The van der Waals surface area contributed by atoms with E-state index in [9.17, 15) is 13.2 Å². The van der Waals surface area contributed by atoms with Gasteiger partial charge in [-0.1, -0.05) is 0 Å². The summed E-state index contributed by atoms with van der Waals surface area (Å²) < 4.78 is 44.8. The van der Waals surface area contributed by atoms with E-state index in [1.165, 1.54) is 0 Å². The van der Waals surface area contributed by atoms with Gasteiger partial charge in [0.05, 0.1) is 12.2 Å². The molecule has 0 amide bonds. The minimum Gasteiger partial charge on any atom is -0.365 e. The van der Waals surface area contributed by atoms with Crippen molar-refractivity contribution in [1.82, 2.24) is 0 Å². The van der Waals surface area contributed by atoms with E-state index in [1.807, 2.05) is 0 Å². The van der Waals surface area contributed by atoms with Crippen molar-refractivity contribution >= 4 is 0 Å². The topological polar surface area (TPSA) is 9.23 Å². The van der Waals surface area contributed by atoms with Crippen molar-refractivity contribution in [3.8, 4) is 0 Å². The maximum absolute atomic E-state index is 13.3. The van der Waals surface area contributed by atoms with Crippen molar-refractivity contribution in [2.75, 3.05) is 0 Å². The molecule has 1 fully saturated rings. The van der Waals surface area contributed by atoms with E-state index in [1.54, 1.807) is 0 Å². The van der Waals surface area contributed by atoms with Gasteiger partial charge in [0, 0.05) is 17.2 Å². The van der Waals surface area contributed by atoms with Crippen LogP contribution < -0.4 is 0 Å². The maximum Gasteiger partial charge on any atom is 0.165 e. The van der Waals surface area contributed by atoms with Crippen LogP contribution in [0.5, 0.6) is 0 Å². The summed E-state index contributed by atoms with van der Waals surface area (Å²) in [4.78, 5) is 0. The summed E-state index contributed by atoms with van der Waals surface area (Å²) in [5.41, 5.74) is 0.318. The Labute approximate surface area is 78.5 Å². The molecule has 1 aromatic rings. The number of benzene rings is 1. The molecule has 2 aliphatic heterocycles. The zero-order chi connectivity index (χ0) is 9.87. The monoisotopic (exact) mass is 200 g/mol. The lowest BCUT2D eigenvalue weighted by molar-refractivity contribution is 0.0694. The third kappa shape index (κ3) is 0.843. The number of rotatable bonds is 0. The first kappa shape index (κ1) is 8.29. The first-order valence-corrected chi connectivity index (χ1v) is 4.51. The number of fused-ring (bicyclic) bond motifs is 5. The molecule has 1 aromatic carbocycles. The van der Waals surface area contributed by atoms with Crippen LogP contribution in [-0.4, -0.2) is 0 Å². The fourth-order valence-electron chi connectivity index (χ4n) is 2.33. The third-order valence-corrected chi connectivity index (χ3v) is 2.91. The lowest BCUT2D eigenvalue weighted by Crippen LogP contribution is -2.06. The molecular formula is C10H7F3O. The fourth-order valence-corrected chi connectivity index (χ4v) is 2.33. The summed E-state index contributed by atoms with van der Waals surface area (Å²) in [5, 5.41) is 0. The van der Waals surface area contributed by atoms with Crippen LogP contribution in [0.2, 0.25) is 0 Å². The number of ether oxygens (including phenoxy) is 1. The molecule has 0 aliphatic carbocycles. The second-order valence-electron chi connectivity index (χ2n) is 3.67. The van der Waals surface area contributed by atoms with Crippen LogP contribution in [0.25, 0.3) is 0 Å². The second kappa shape index (κ2) is 2.51. The van der Waals surface area contributed by atoms with E-state index in [0.717, 1.165) is 0 Å². The summed E-state index contributed by atoms with van der Waals surface area (Å²) in [6.07, 6.45) is 0.530. The molecule has 2 heterocycles. The van der Waals surface area contributed by atoms with Crippen LogP contribution in [-0.2, 0) is 4.74 Å². The molecule has 74 valence electrons. The smallest absolute Gasteiger partial charge is 0.165 e. The Morgan fingerprint density at radius 2 is 1.64 bits per heavy atom. The molecule has 1 saturated heterocycles. The summed E-state index contributed by atoms with van der Waals surface area (Å²) in [6.45, 7) is 0. The highest BCUT2D eigenvalue weighted by molar-refractivity contribution is 5.39. The Kier molecular flexibility index (Phi) is 1.49. The molecule has 1 nitrogen and oxygen atoms in total. The zero-order valence-electron chi connectivity index (χ0n) is 7.19. The first-order chi connectivity index (χ1) is 6.68. The van der Waals surface area contributed by atoms with Gasteiger partial charge in [0.15, 0.2) is 11.6 Å². The molecule has 0 spiro atoms. The van der Waals surface area contributed by atoms with Gasteiger partial charge in [0.2, 0.25) is 0 Å². The number of hydrogen-bond donors (Lipinski definition) is 0. The van der Waals surface area contributed by atoms with E-state index in [-0.39, 0.29) is 17.2 Å². The molecule has 3 rings (SSSR count). The predicted molar refractivity (Wildman–Crippen MR) is 42.1 cm³/mol. The van der Waals surface area contributed by atoms with E-state index in [0.29, 0.717) is 18.9 Å². The van der Waals surface area contributed by atoms with Gasteiger partial charge in [-0.05, 0) is 12.8 Å². The molecule has 0 aromatic heterocycles. The summed E-state index contributed by atoms with van der Waals surface area (Å²) in [5.74, 6) is -2.77. The Bertz CT molecular complexity index is 416. The van der Waals surface area contributed by atoms with Crippen LogP contribution in [0.1, 0.15) is 36.2 Å². The molecule has 14 heavy (non-hydrogen) atoms. The van der Waals surface area contributed by atoms with Gasteiger partial charge in [-0.25, -0.2) is 13.2 Å². The van der Waals surface area contributed by atoms with Gasteiger partial charge < -0.3 is 4.74 Å². The third-order valence-electron chi connectivity index (χ3n) is 2.91. The normalized spacial score (nSPS) is 28.2. The van der Waals surface area contributed by atoms with Gasteiger partial charge in [-0.15, -0.1) is 0 Å². The summed E-state index contributed by atoms with van der Waals surface area (Å²) >= 11 is 0. The van der Waals surface area contributed by atoms with Gasteiger partial charge in [-0.3, -0.25) is 0 Å². The highest BCUT2D eigenvalue weighted by atomic mass is 19.2. The largest absolute Gasteiger partial charge is 0.365 e. The Morgan fingerprint density at radius 3 is 2.36 bits per heavy atom. The Morgan fingerprint density at radius 1 is 1.00 bits per heavy atom. The van der Waals surface area contributed by atoms with Crippen molar-refractivity contribution in [3.63, 3.8) is 0 Å². The highest BCUT2D eigenvalue weighted by Crippen LogP contribution is 2.52. The molecule has 2 aliphatic rings. The molecule has 0 N–H and O–H groups in total. The molecule has 2 bridgehead atoms. The Balaban J connectivity index is 2.32. The molecule has 2 unspecified atom stereocenters. The summed E-state index contributed by atoms with van der Waals surface area (Å²) in [7, 11) is 0. The molecular weight excluding hydrogens is 193 g/mol. The van der Waals surface area contributed by atoms with E-state index in [4.69, 9.17) is 4.74 Å². The van der Waals surface area contributed by atoms with Gasteiger partial charge in [0.1, 0.15) is 5.82 Å². The van der Waals surface area contributed by atoms with Gasteiger partial charge in [0.25, 0.3) is 0 Å². The van der Waals surface area contributed by atoms with Crippen LogP contribution in [0, 0.1) is 17.5 Å². The zero-order valence-corrected chi connectivity index (χ0v) is 7.19. The van der Waals surface area contributed by atoms with Crippen molar-refractivity contribution in [2.24, 2.45) is 0 Å². The predicted octanol–water partition coefficient (Wildman–Crippen LogP) is 3.01. The van der Waals surface area contributed by atoms with E-state index >= 15 is 0 Å². The van der Waals surface area contributed by atoms with Crippen LogP contribution >= 0.6 is 0 Å². The number of hydrogen-bond acceptors (Lipinski definition) is 1. The van der Waals surface area contributed by atoms with Gasteiger partial charge in [-0.2, -0.15) is 0 Å². The van der Waals surface area contributed by atoms with Gasteiger partial charge >= 0.3 is 0 Å². The molecule has 0 radical (unpaired) electrons. The minimum atomic E-state index is -1.13. The van der Waals surface area contributed by atoms with Crippen LogP contribution in [0.4, 0.5) is 13.2 Å². The number of halogens is 3. The standard InChI is InChI=1S/C10H7F3O/c11-4-3-5(12)10(13)9-7-2-1-6(14-7)8(4)9/h3,6-7H,1-2H2. The second-order valence-corrected chi connectivity index (χ2v) is 3.67. The van der Waals surface area contributed by atoms with E-state index in [2.05, 4.69) is 0 Å². The molecule has 0 saturated carbocycles. The van der Waals surface area contributed by atoms with Crippen LogP contribution in [0.3, 0.4) is 0 Å². The van der Waals surface area contributed by atoms with E-state index < -0.39 is 23.6 Å². The first-order valence-electron chi connectivity index (χ1n) is 4.51. The highest BCUT2D eigenvalue weighted by Gasteiger charge is 2.43. The van der Waals surface area contributed by atoms with Crippen LogP contribution in [0.15, 0.2) is 6.07 Å². The SMILES string of the molecule is Fc1cc(F)c2c(c1F)C1CCC2O1. The van der Waals surface area contributed by atoms with Crippen molar-refractivity contribution in [3.05, 3.63) is 34.6 Å². The Hall–Kier alpha value is -1.03. The average Bonchev–Trinajstić information content (AvgIpc) is 2.73. The fraction of sp³-hybridized carbons (Fsp3) is 0.400. The van der Waals surface area contributed by atoms with Crippen molar-refractivity contribution in [1.29, 1.82) is 0 Å². The van der Waals surface area contributed by atoms with Crippen molar-refractivity contribution in [2.45, 2.75) is 25.0 Å². The lowest BCUT2D eigenvalue weighted by atomic mass is 9.91. The van der Waals surface area contributed by atoms with Crippen molar-refractivity contribution < 1.29 is 17.9 Å². The molecule has 4 heteroatoms. The average molecular weight is 200 g/mol.